The number of rotatable bonds is 1. The average molecular weight is 248 g/mol. The van der Waals surface area contributed by atoms with E-state index in [1.807, 2.05) is 18.4 Å². The van der Waals surface area contributed by atoms with Crippen LogP contribution in [0.3, 0.4) is 0 Å². The second kappa shape index (κ2) is 4.49. The Morgan fingerprint density at radius 1 is 1.44 bits per heavy atom. The molecule has 0 aromatic carbocycles. The molecule has 5 heteroatoms. The fourth-order valence-electron chi connectivity index (χ4n) is 2.75. The highest BCUT2D eigenvalue weighted by Crippen LogP contribution is 2.29. The van der Waals surface area contributed by atoms with Gasteiger partial charge in [-0.2, -0.15) is 0 Å². The molecule has 3 unspecified atom stereocenters. The summed E-state index contributed by atoms with van der Waals surface area (Å²) in [5.74, 6) is 0.348. The summed E-state index contributed by atoms with van der Waals surface area (Å²) in [6.45, 7) is 1.52. The lowest BCUT2D eigenvalue weighted by atomic mass is 9.97. The van der Waals surface area contributed by atoms with Gasteiger partial charge in [-0.05, 0) is 0 Å². The van der Waals surface area contributed by atoms with Gasteiger partial charge in [-0.25, -0.2) is 4.79 Å². The molecule has 3 atom stereocenters. The van der Waals surface area contributed by atoms with E-state index in [2.05, 4.69) is 22.4 Å². The van der Waals surface area contributed by atoms with E-state index >= 15 is 0 Å². The van der Waals surface area contributed by atoms with Gasteiger partial charge in [0.05, 0.1) is 18.8 Å². The molecule has 2 N–H and O–H groups in total. The maximum Gasteiger partial charge on any atom is 0.408 e. The third-order valence-corrected chi connectivity index (χ3v) is 3.61. The zero-order valence-electron chi connectivity index (χ0n) is 9.95. The van der Waals surface area contributed by atoms with Gasteiger partial charge in [0.1, 0.15) is 0 Å². The van der Waals surface area contributed by atoms with Crippen LogP contribution in [0, 0.1) is 5.92 Å². The molecule has 0 aromatic heterocycles. The number of nitrogens with zero attached hydrogens (tertiary/aromatic N) is 1. The van der Waals surface area contributed by atoms with E-state index < -0.39 is 6.09 Å². The molecule has 3 rings (SSSR count). The smallest absolute Gasteiger partial charge is 0.408 e. The van der Waals surface area contributed by atoms with Gasteiger partial charge < -0.3 is 14.7 Å². The predicted octanol–water partition coefficient (Wildman–Crippen LogP) is 1.31. The van der Waals surface area contributed by atoms with Crippen molar-refractivity contribution in [2.75, 3.05) is 13.2 Å². The molecular formula is C13H16N2O3. The molecule has 1 aliphatic carbocycles. The number of nitrogens with one attached hydrogen (secondary N) is 1. The summed E-state index contributed by atoms with van der Waals surface area (Å²) < 4.78 is 5.89. The molecule has 0 aromatic rings. The van der Waals surface area contributed by atoms with Crippen LogP contribution in [0.1, 0.15) is 6.42 Å². The van der Waals surface area contributed by atoms with E-state index in [0.717, 1.165) is 12.2 Å². The maximum absolute atomic E-state index is 10.6. The molecule has 0 spiro atoms. The maximum atomic E-state index is 10.6. The lowest BCUT2D eigenvalue weighted by Crippen LogP contribution is -2.31. The summed E-state index contributed by atoms with van der Waals surface area (Å²) in [6.07, 6.45) is 10.1. The molecule has 18 heavy (non-hydrogen) atoms. The number of carboxylic acid groups (broad SMARTS) is 1. The van der Waals surface area contributed by atoms with Gasteiger partial charge in [-0.1, -0.05) is 24.3 Å². The van der Waals surface area contributed by atoms with Crippen molar-refractivity contribution in [3.05, 3.63) is 36.2 Å². The van der Waals surface area contributed by atoms with Crippen LogP contribution in [0.5, 0.6) is 0 Å². The Hall–Kier alpha value is -1.75. The number of carbonyl (C=O) groups is 1. The molecule has 2 aliphatic heterocycles. The monoisotopic (exact) mass is 248 g/mol. The van der Waals surface area contributed by atoms with Crippen molar-refractivity contribution in [1.29, 1.82) is 0 Å². The topological polar surface area (TPSA) is 61.8 Å². The van der Waals surface area contributed by atoms with Gasteiger partial charge in [0.25, 0.3) is 0 Å². The highest BCUT2D eigenvalue weighted by Gasteiger charge is 2.33. The van der Waals surface area contributed by atoms with Crippen molar-refractivity contribution in [3.8, 4) is 0 Å². The zero-order chi connectivity index (χ0) is 12.5. The minimum absolute atomic E-state index is 0.157. The Kier molecular flexibility index (Phi) is 2.83. The summed E-state index contributed by atoms with van der Waals surface area (Å²) in [6, 6.07) is 0.249. The minimum Gasteiger partial charge on any atom is -0.465 e. The summed E-state index contributed by atoms with van der Waals surface area (Å²) >= 11 is 0. The van der Waals surface area contributed by atoms with Gasteiger partial charge in [0, 0.05) is 30.8 Å². The molecule has 0 radical (unpaired) electrons. The van der Waals surface area contributed by atoms with Crippen LogP contribution < -0.4 is 5.32 Å². The SMILES string of the molecule is O=C(O)NC1=CN2CC3C=CC=CC3OCC2C1. The quantitative estimate of drug-likeness (QED) is 0.734. The molecule has 96 valence electrons. The number of hydrogen-bond acceptors (Lipinski definition) is 3. The standard InChI is InChI=1S/C13H16N2O3/c16-13(17)14-10-5-11-8-18-12-4-2-1-3-9(12)6-15(11)7-10/h1-4,7,9,11-12,14H,5-6,8H2,(H,16,17). The first-order chi connectivity index (χ1) is 8.72. The second-order valence-electron chi connectivity index (χ2n) is 4.87. The normalized spacial score (nSPS) is 33.4. The Morgan fingerprint density at radius 3 is 3.11 bits per heavy atom. The molecule has 1 fully saturated rings. The zero-order valence-corrected chi connectivity index (χ0v) is 9.95. The fraction of sp³-hybridized carbons (Fsp3) is 0.462. The van der Waals surface area contributed by atoms with Crippen molar-refractivity contribution in [3.63, 3.8) is 0 Å². The largest absolute Gasteiger partial charge is 0.465 e. The van der Waals surface area contributed by atoms with E-state index in [1.165, 1.54) is 0 Å². The summed E-state index contributed by atoms with van der Waals surface area (Å²) in [5, 5.41) is 11.2. The number of fused-ring (bicyclic) bond motifs is 2. The van der Waals surface area contributed by atoms with Gasteiger partial charge >= 0.3 is 6.09 Å². The van der Waals surface area contributed by atoms with Crippen LogP contribution in [0.15, 0.2) is 36.2 Å². The third kappa shape index (κ3) is 2.13. The highest BCUT2D eigenvalue weighted by atomic mass is 16.5. The summed E-state index contributed by atoms with van der Waals surface area (Å²) in [4.78, 5) is 12.8. The van der Waals surface area contributed by atoms with Crippen molar-refractivity contribution < 1.29 is 14.6 Å². The highest BCUT2D eigenvalue weighted by molar-refractivity contribution is 5.67. The van der Waals surface area contributed by atoms with Crippen molar-refractivity contribution in [1.82, 2.24) is 10.2 Å². The first-order valence-electron chi connectivity index (χ1n) is 6.15. The van der Waals surface area contributed by atoms with Gasteiger partial charge in [0.15, 0.2) is 0 Å². The minimum atomic E-state index is -1.00. The van der Waals surface area contributed by atoms with Crippen molar-refractivity contribution in [2.45, 2.75) is 18.6 Å². The molecular weight excluding hydrogens is 232 g/mol. The Balaban J connectivity index is 1.73. The lowest BCUT2D eigenvalue weighted by Gasteiger charge is -2.24. The molecule has 1 amide bonds. The van der Waals surface area contributed by atoms with Gasteiger partial charge in [0.2, 0.25) is 0 Å². The number of amides is 1. The lowest BCUT2D eigenvalue weighted by molar-refractivity contribution is 0.0624. The molecule has 0 saturated carbocycles. The predicted molar refractivity (Wildman–Crippen MR) is 65.9 cm³/mol. The molecule has 1 saturated heterocycles. The first kappa shape index (κ1) is 11.3. The average Bonchev–Trinajstić information content (AvgIpc) is 2.61. The van der Waals surface area contributed by atoms with Crippen LogP contribution >= 0.6 is 0 Å². The molecule has 3 aliphatic rings. The molecule has 2 heterocycles. The van der Waals surface area contributed by atoms with E-state index in [4.69, 9.17) is 9.84 Å². The number of ether oxygens (including phenoxy) is 1. The Labute approximate surface area is 105 Å². The number of hydrogen-bond donors (Lipinski definition) is 2. The van der Waals surface area contributed by atoms with Gasteiger partial charge in [-0.15, -0.1) is 0 Å². The van der Waals surface area contributed by atoms with Crippen LogP contribution in [-0.2, 0) is 4.74 Å². The van der Waals surface area contributed by atoms with Crippen LogP contribution in [0.25, 0.3) is 0 Å². The van der Waals surface area contributed by atoms with Crippen LogP contribution in [0.2, 0.25) is 0 Å². The van der Waals surface area contributed by atoms with Crippen molar-refractivity contribution >= 4 is 6.09 Å². The Bertz CT molecular complexity index is 442. The molecule has 5 nitrogen and oxygen atoms in total. The van der Waals surface area contributed by atoms with E-state index in [0.29, 0.717) is 18.9 Å². The summed E-state index contributed by atoms with van der Waals surface area (Å²) in [7, 11) is 0. The van der Waals surface area contributed by atoms with E-state index in [1.54, 1.807) is 0 Å². The van der Waals surface area contributed by atoms with Gasteiger partial charge in [-0.3, -0.25) is 5.32 Å². The second-order valence-corrected chi connectivity index (χ2v) is 4.87. The van der Waals surface area contributed by atoms with Crippen molar-refractivity contribution in [2.24, 2.45) is 5.92 Å². The third-order valence-electron chi connectivity index (χ3n) is 3.61. The van der Waals surface area contributed by atoms with Crippen LogP contribution in [0.4, 0.5) is 4.79 Å². The van der Waals surface area contributed by atoms with E-state index in [9.17, 15) is 4.79 Å². The fourth-order valence-corrected chi connectivity index (χ4v) is 2.75. The number of allylic oxidation sites excluding steroid dienone is 2. The van der Waals surface area contributed by atoms with E-state index in [-0.39, 0.29) is 12.1 Å². The molecule has 0 bridgehead atoms. The first-order valence-corrected chi connectivity index (χ1v) is 6.15. The summed E-state index contributed by atoms with van der Waals surface area (Å²) in [5.41, 5.74) is 0.755. The van der Waals surface area contributed by atoms with Crippen LogP contribution in [-0.4, -0.2) is 41.4 Å². The Morgan fingerprint density at radius 2 is 2.28 bits per heavy atom.